The standard InChI is InChI=1S/C19H23N3O3S2/c1-13-10-16(7-8-18(13)25-4)27(23,24)20-12-17(19-6-5-9-26-19)22-15(3)11-14(2)21-22/h5-11,17,20H,12H2,1-4H3. The van der Waals surface area contributed by atoms with Crippen LogP contribution < -0.4 is 9.46 Å². The van der Waals surface area contributed by atoms with Crippen molar-refractivity contribution in [3.63, 3.8) is 0 Å². The minimum Gasteiger partial charge on any atom is -0.496 e. The van der Waals surface area contributed by atoms with Crippen LogP contribution in [-0.4, -0.2) is 31.9 Å². The molecule has 8 heteroatoms. The van der Waals surface area contributed by atoms with Gasteiger partial charge in [0.1, 0.15) is 5.75 Å². The average molecular weight is 406 g/mol. The van der Waals surface area contributed by atoms with Crippen LogP contribution in [0.25, 0.3) is 0 Å². The smallest absolute Gasteiger partial charge is 0.240 e. The number of thiophene rings is 1. The Morgan fingerprint density at radius 2 is 2.00 bits per heavy atom. The van der Waals surface area contributed by atoms with Gasteiger partial charge >= 0.3 is 0 Å². The van der Waals surface area contributed by atoms with E-state index in [4.69, 9.17) is 4.74 Å². The summed E-state index contributed by atoms with van der Waals surface area (Å²) in [7, 11) is -2.09. The predicted octanol–water partition coefficient (Wildman–Crippen LogP) is 3.45. The number of hydrogen-bond donors (Lipinski definition) is 1. The molecule has 0 aliphatic heterocycles. The van der Waals surface area contributed by atoms with Crippen molar-refractivity contribution in [3.8, 4) is 5.75 Å². The Hall–Kier alpha value is -2.16. The molecular formula is C19H23N3O3S2. The highest BCUT2D eigenvalue weighted by Gasteiger charge is 2.22. The van der Waals surface area contributed by atoms with Gasteiger partial charge in [0.05, 0.1) is 23.7 Å². The lowest BCUT2D eigenvalue weighted by Crippen LogP contribution is -2.32. The molecule has 0 saturated heterocycles. The molecule has 2 heterocycles. The van der Waals surface area contributed by atoms with Crippen molar-refractivity contribution in [2.45, 2.75) is 31.7 Å². The van der Waals surface area contributed by atoms with Crippen LogP contribution >= 0.6 is 11.3 Å². The van der Waals surface area contributed by atoms with Crippen LogP contribution in [0.15, 0.2) is 46.7 Å². The number of aryl methyl sites for hydroxylation is 3. The lowest BCUT2D eigenvalue weighted by Gasteiger charge is -2.19. The van der Waals surface area contributed by atoms with Crippen LogP contribution in [0.1, 0.15) is 27.9 Å². The number of hydrogen-bond acceptors (Lipinski definition) is 5. The Labute approximate surface area is 163 Å². The molecule has 0 radical (unpaired) electrons. The molecule has 1 aromatic carbocycles. The molecule has 144 valence electrons. The number of nitrogens with zero attached hydrogens (tertiary/aromatic N) is 2. The summed E-state index contributed by atoms with van der Waals surface area (Å²) in [6.07, 6.45) is 0. The molecular weight excluding hydrogens is 382 g/mol. The second-order valence-electron chi connectivity index (χ2n) is 6.39. The van der Waals surface area contributed by atoms with Crippen molar-refractivity contribution in [3.05, 3.63) is 63.6 Å². The fraction of sp³-hybridized carbons (Fsp3) is 0.316. The molecule has 27 heavy (non-hydrogen) atoms. The van der Waals surface area contributed by atoms with Gasteiger partial charge in [-0.05, 0) is 62.0 Å². The molecule has 0 amide bonds. The second kappa shape index (κ2) is 7.84. The maximum absolute atomic E-state index is 12.8. The maximum atomic E-state index is 12.8. The van der Waals surface area contributed by atoms with E-state index in [1.54, 1.807) is 36.6 Å². The van der Waals surface area contributed by atoms with Gasteiger partial charge in [0.25, 0.3) is 0 Å². The summed E-state index contributed by atoms with van der Waals surface area (Å²) in [6, 6.07) is 10.6. The Morgan fingerprint density at radius 1 is 1.22 bits per heavy atom. The van der Waals surface area contributed by atoms with E-state index in [1.807, 2.05) is 49.0 Å². The number of methoxy groups -OCH3 is 1. The van der Waals surface area contributed by atoms with E-state index in [1.165, 1.54) is 0 Å². The third kappa shape index (κ3) is 4.23. The molecule has 1 atom stereocenters. The molecule has 0 aliphatic carbocycles. The highest BCUT2D eigenvalue weighted by Crippen LogP contribution is 2.25. The van der Waals surface area contributed by atoms with E-state index in [0.717, 1.165) is 21.8 Å². The zero-order valence-electron chi connectivity index (χ0n) is 15.8. The van der Waals surface area contributed by atoms with Crippen molar-refractivity contribution < 1.29 is 13.2 Å². The molecule has 1 N–H and O–H groups in total. The van der Waals surface area contributed by atoms with Gasteiger partial charge in [-0.2, -0.15) is 5.10 Å². The largest absolute Gasteiger partial charge is 0.496 e. The lowest BCUT2D eigenvalue weighted by atomic mass is 10.2. The third-order valence-corrected chi connectivity index (χ3v) is 6.75. The molecule has 3 aromatic rings. The monoisotopic (exact) mass is 405 g/mol. The van der Waals surface area contributed by atoms with E-state index in [-0.39, 0.29) is 17.5 Å². The average Bonchev–Trinajstić information content (AvgIpc) is 3.25. The van der Waals surface area contributed by atoms with Gasteiger partial charge in [-0.25, -0.2) is 13.1 Å². The first-order chi connectivity index (χ1) is 12.8. The SMILES string of the molecule is COc1ccc(S(=O)(=O)NCC(c2cccs2)n2nc(C)cc2C)cc1C. The Kier molecular flexibility index (Phi) is 5.69. The number of sulfonamides is 1. The van der Waals surface area contributed by atoms with E-state index < -0.39 is 10.0 Å². The number of rotatable bonds is 7. The first-order valence-corrected chi connectivity index (χ1v) is 10.9. The van der Waals surface area contributed by atoms with Gasteiger partial charge in [0.2, 0.25) is 10.0 Å². The minimum absolute atomic E-state index is 0.201. The Morgan fingerprint density at radius 3 is 2.56 bits per heavy atom. The number of benzene rings is 1. The van der Waals surface area contributed by atoms with E-state index in [0.29, 0.717) is 5.75 Å². The molecule has 0 aliphatic rings. The van der Waals surface area contributed by atoms with Gasteiger partial charge in [-0.1, -0.05) is 6.07 Å². The molecule has 1 unspecified atom stereocenters. The van der Waals surface area contributed by atoms with E-state index in [9.17, 15) is 8.42 Å². The topological polar surface area (TPSA) is 73.2 Å². The van der Waals surface area contributed by atoms with Crippen molar-refractivity contribution in [1.29, 1.82) is 0 Å². The predicted molar refractivity (Wildman–Crippen MR) is 107 cm³/mol. The highest BCUT2D eigenvalue weighted by molar-refractivity contribution is 7.89. The van der Waals surface area contributed by atoms with Crippen LogP contribution in [0.3, 0.4) is 0 Å². The summed E-state index contributed by atoms with van der Waals surface area (Å²) in [5.74, 6) is 0.660. The van der Waals surface area contributed by atoms with Crippen LogP contribution in [0.5, 0.6) is 5.75 Å². The number of nitrogens with one attached hydrogen (secondary N) is 1. The van der Waals surface area contributed by atoms with Crippen molar-refractivity contribution in [2.75, 3.05) is 13.7 Å². The second-order valence-corrected chi connectivity index (χ2v) is 9.13. The number of aromatic nitrogens is 2. The summed E-state index contributed by atoms with van der Waals surface area (Å²) in [5.41, 5.74) is 2.67. The van der Waals surface area contributed by atoms with E-state index >= 15 is 0 Å². The van der Waals surface area contributed by atoms with Crippen molar-refractivity contribution >= 4 is 21.4 Å². The van der Waals surface area contributed by atoms with Gasteiger partial charge in [-0.15, -0.1) is 11.3 Å². The maximum Gasteiger partial charge on any atom is 0.240 e. The van der Waals surface area contributed by atoms with Gasteiger partial charge in [0, 0.05) is 17.1 Å². The number of ether oxygens (including phenoxy) is 1. The molecule has 6 nitrogen and oxygen atoms in total. The zero-order valence-corrected chi connectivity index (χ0v) is 17.4. The highest BCUT2D eigenvalue weighted by atomic mass is 32.2. The lowest BCUT2D eigenvalue weighted by molar-refractivity contribution is 0.411. The van der Waals surface area contributed by atoms with Gasteiger partial charge in [-0.3, -0.25) is 4.68 Å². The zero-order chi connectivity index (χ0) is 19.6. The van der Waals surface area contributed by atoms with Crippen LogP contribution in [0, 0.1) is 20.8 Å². The van der Waals surface area contributed by atoms with E-state index in [2.05, 4.69) is 9.82 Å². The summed E-state index contributed by atoms with van der Waals surface area (Å²) >= 11 is 1.59. The molecule has 0 saturated carbocycles. The van der Waals surface area contributed by atoms with Crippen LogP contribution in [0.4, 0.5) is 0 Å². The fourth-order valence-electron chi connectivity index (χ4n) is 3.04. The molecule has 0 spiro atoms. The molecule has 3 rings (SSSR count). The quantitative estimate of drug-likeness (QED) is 0.653. The van der Waals surface area contributed by atoms with Crippen LogP contribution in [-0.2, 0) is 10.0 Å². The summed E-state index contributed by atoms with van der Waals surface area (Å²) in [6.45, 7) is 5.94. The first-order valence-electron chi connectivity index (χ1n) is 8.52. The Bertz CT molecular complexity index is 1020. The van der Waals surface area contributed by atoms with Gasteiger partial charge < -0.3 is 4.74 Å². The summed E-state index contributed by atoms with van der Waals surface area (Å²) < 4.78 is 35.4. The first kappa shape index (κ1) is 19.6. The fourth-order valence-corrected chi connectivity index (χ4v) is 4.97. The van der Waals surface area contributed by atoms with Gasteiger partial charge in [0.15, 0.2) is 0 Å². The normalized spacial score (nSPS) is 12.9. The summed E-state index contributed by atoms with van der Waals surface area (Å²) in [5, 5.41) is 6.53. The summed E-state index contributed by atoms with van der Waals surface area (Å²) in [4.78, 5) is 1.27. The molecule has 0 fully saturated rings. The van der Waals surface area contributed by atoms with Crippen molar-refractivity contribution in [1.82, 2.24) is 14.5 Å². The minimum atomic E-state index is -3.65. The molecule has 0 bridgehead atoms. The van der Waals surface area contributed by atoms with Crippen molar-refractivity contribution in [2.24, 2.45) is 0 Å². The van der Waals surface area contributed by atoms with Crippen LogP contribution in [0.2, 0.25) is 0 Å². The Balaban J connectivity index is 1.87. The third-order valence-electron chi connectivity index (χ3n) is 4.35. The molecule has 2 aromatic heterocycles.